The van der Waals surface area contributed by atoms with Crippen molar-refractivity contribution in [3.05, 3.63) is 29.3 Å². The fraction of sp³-hybridized carbons (Fsp3) is 0.500. The van der Waals surface area contributed by atoms with Gasteiger partial charge in [0.2, 0.25) is 5.91 Å². The molecule has 3 nitrogen and oxygen atoms in total. The lowest BCUT2D eigenvalue weighted by atomic mass is 9.92. The normalized spacial score (nSPS) is 23.1. The summed E-state index contributed by atoms with van der Waals surface area (Å²) in [6.45, 7) is 1.59. The Bertz CT molecular complexity index is 573. The van der Waals surface area contributed by atoms with Gasteiger partial charge in [0.05, 0.1) is 0 Å². The molecule has 1 amide bonds. The highest BCUT2D eigenvalue weighted by atomic mass is 19.2. The van der Waals surface area contributed by atoms with E-state index in [2.05, 4.69) is 5.32 Å². The molecule has 2 N–H and O–H groups in total. The number of nitrogens with one attached hydrogen (secondary N) is 2. The number of piperidine rings is 1. The molecular formula is C14H14F4N2O. The van der Waals surface area contributed by atoms with Gasteiger partial charge in [0.15, 0.2) is 23.3 Å². The number of rotatable bonds is 2. The molecule has 0 bridgehead atoms. The Labute approximate surface area is 118 Å². The van der Waals surface area contributed by atoms with E-state index in [1.807, 2.05) is 5.32 Å². The number of benzene rings is 1. The number of carbonyl (C=O) groups is 1. The van der Waals surface area contributed by atoms with Crippen LogP contribution in [0.4, 0.5) is 23.2 Å². The van der Waals surface area contributed by atoms with Crippen molar-refractivity contribution in [2.75, 3.05) is 18.4 Å². The smallest absolute Gasteiger partial charge is 0.228 e. The Morgan fingerprint density at radius 1 is 1.14 bits per heavy atom. The van der Waals surface area contributed by atoms with Gasteiger partial charge in [-0.25, -0.2) is 17.6 Å². The molecule has 1 aromatic rings. The Balaban J connectivity index is 1.77. The molecular weight excluding hydrogens is 288 g/mol. The van der Waals surface area contributed by atoms with Crippen LogP contribution in [0.2, 0.25) is 0 Å². The van der Waals surface area contributed by atoms with Crippen molar-refractivity contribution in [2.45, 2.75) is 19.3 Å². The number of carbonyl (C=O) groups excluding carboxylic acids is 1. The Kier molecular flexibility index (Phi) is 3.39. The molecule has 1 aromatic carbocycles. The standard InChI is InChI=1S/C14H14F4N2O/c15-8-5-9(16)11(18)12(10(8)17)20-13(21)7-6-14(7)1-3-19-4-2-14/h5,7,19H,1-4,6H2,(H,20,21). The molecule has 2 fully saturated rings. The van der Waals surface area contributed by atoms with E-state index in [-0.39, 0.29) is 17.4 Å². The summed E-state index contributed by atoms with van der Waals surface area (Å²) in [7, 11) is 0. The van der Waals surface area contributed by atoms with Crippen molar-refractivity contribution in [2.24, 2.45) is 11.3 Å². The highest BCUT2D eigenvalue weighted by molar-refractivity contribution is 5.95. The predicted octanol–water partition coefficient (Wildman–Crippen LogP) is 2.57. The summed E-state index contributed by atoms with van der Waals surface area (Å²) in [6.07, 6.45) is 2.27. The molecule has 21 heavy (non-hydrogen) atoms. The Morgan fingerprint density at radius 3 is 2.29 bits per heavy atom. The quantitative estimate of drug-likeness (QED) is 0.651. The maximum absolute atomic E-state index is 13.5. The Hall–Kier alpha value is -1.63. The first kappa shape index (κ1) is 14.3. The third-order valence-corrected chi connectivity index (χ3v) is 4.47. The van der Waals surface area contributed by atoms with Gasteiger partial charge >= 0.3 is 0 Å². The van der Waals surface area contributed by atoms with Gasteiger partial charge in [0, 0.05) is 12.0 Å². The number of hydrogen-bond acceptors (Lipinski definition) is 2. The van der Waals surface area contributed by atoms with Crippen molar-refractivity contribution < 1.29 is 22.4 Å². The maximum Gasteiger partial charge on any atom is 0.228 e. The van der Waals surface area contributed by atoms with Gasteiger partial charge in [-0.2, -0.15) is 0 Å². The zero-order chi connectivity index (χ0) is 15.2. The number of amides is 1. The van der Waals surface area contributed by atoms with Crippen LogP contribution < -0.4 is 10.6 Å². The van der Waals surface area contributed by atoms with Gasteiger partial charge in [-0.3, -0.25) is 4.79 Å². The first-order chi connectivity index (χ1) is 9.94. The topological polar surface area (TPSA) is 41.1 Å². The zero-order valence-electron chi connectivity index (χ0n) is 11.1. The summed E-state index contributed by atoms with van der Waals surface area (Å²) in [5.41, 5.74) is -1.18. The van der Waals surface area contributed by atoms with E-state index in [0.29, 0.717) is 6.42 Å². The molecule has 1 aliphatic carbocycles. The minimum atomic E-state index is -1.58. The van der Waals surface area contributed by atoms with E-state index >= 15 is 0 Å². The van der Waals surface area contributed by atoms with Crippen molar-refractivity contribution in [1.29, 1.82) is 0 Å². The predicted molar refractivity (Wildman–Crippen MR) is 67.5 cm³/mol. The lowest BCUT2D eigenvalue weighted by Gasteiger charge is -2.23. The fourth-order valence-corrected chi connectivity index (χ4v) is 3.09. The number of halogens is 4. The summed E-state index contributed by atoms with van der Waals surface area (Å²) >= 11 is 0. The van der Waals surface area contributed by atoms with Gasteiger partial charge in [-0.15, -0.1) is 0 Å². The summed E-state index contributed by atoms with van der Waals surface area (Å²) in [5, 5.41) is 5.18. The number of hydrogen-bond donors (Lipinski definition) is 2. The molecule has 114 valence electrons. The van der Waals surface area contributed by atoms with E-state index in [0.717, 1.165) is 25.9 Å². The van der Waals surface area contributed by atoms with Crippen molar-refractivity contribution in [3.8, 4) is 0 Å². The number of anilines is 1. The average Bonchev–Trinajstić information content (AvgIpc) is 3.15. The summed E-state index contributed by atoms with van der Waals surface area (Å²) in [5.74, 6) is -7.16. The van der Waals surface area contributed by atoms with Crippen molar-refractivity contribution >= 4 is 11.6 Å². The second-order valence-electron chi connectivity index (χ2n) is 5.70. The lowest BCUT2D eigenvalue weighted by molar-refractivity contribution is -0.118. The minimum absolute atomic E-state index is 0.117. The minimum Gasteiger partial charge on any atom is -0.321 e. The van der Waals surface area contributed by atoms with Crippen molar-refractivity contribution in [3.63, 3.8) is 0 Å². The summed E-state index contributed by atoms with van der Waals surface area (Å²) < 4.78 is 53.2. The zero-order valence-corrected chi connectivity index (χ0v) is 11.1. The van der Waals surface area contributed by atoms with E-state index in [1.54, 1.807) is 0 Å². The monoisotopic (exact) mass is 302 g/mol. The highest BCUT2D eigenvalue weighted by Gasteiger charge is 2.57. The lowest BCUT2D eigenvalue weighted by Crippen LogP contribution is -2.32. The molecule has 1 spiro atoms. The van der Waals surface area contributed by atoms with Gasteiger partial charge in [0.1, 0.15) is 5.69 Å². The molecule has 3 rings (SSSR count). The van der Waals surface area contributed by atoms with Crippen LogP contribution in [-0.2, 0) is 4.79 Å². The molecule has 1 heterocycles. The van der Waals surface area contributed by atoms with E-state index in [1.165, 1.54) is 0 Å². The maximum atomic E-state index is 13.5. The van der Waals surface area contributed by atoms with E-state index < -0.39 is 34.9 Å². The second kappa shape index (κ2) is 4.98. The summed E-state index contributed by atoms with van der Waals surface area (Å²) in [4.78, 5) is 12.1. The molecule has 1 atom stereocenters. The van der Waals surface area contributed by atoms with Gasteiger partial charge in [-0.05, 0) is 37.8 Å². The third-order valence-electron chi connectivity index (χ3n) is 4.47. The first-order valence-corrected chi connectivity index (χ1v) is 6.79. The van der Waals surface area contributed by atoms with E-state index in [4.69, 9.17) is 0 Å². The molecule has 1 saturated heterocycles. The van der Waals surface area contributed by atoms with Crippen LogP contribution in [0, 0.1) is 34.6 Å². The van der Waals surface area contributed by atoms with Crippen LogP contribution in [0.3, 0.4) is 0 Å². The van der Waals surface area contributed by atoms with Crippen LogP contribution in [0.5, 0.6) is 0 Å². The largest absolute Gasteiger partial charge is 0.321 e. The molecule has 1 aliphatic heterocycles. The van der Waals surface area contributed by atoms with Gasteiger partial charge < -0.3 is 10.6 Å². The fourth-order valence-electron chi connectivity index (χ4n) is 3.09. The SMILES string of the molecule is O=C(Nc1c(F)c(F)cc(F)c1F)C1CC12CCNCC2. The highest BCUT2D eigenvalue weighted by Crippen LogP contribution is 2.58. The van der Waals surface area contributed by atoms with Crippen LogP contribution in [0.25, 0.3) is 0 Å². The molecule has 2 aliphatic rings. The van der Waals surface area contributed by atoms with Gasteiger partial charge in [0.25, 0.3) is 0 Å². The summed E-state index contributed by atoms with van der Waals surface area (Å²) in [6, 6.07) is 0.117. The third kappa shape index (κ3) is 2.39. The first-order valence-electron chi connectivity index (χ1n) is 6.79. The molecule has 1 saturated carbocycles. The molecule has 1 unspecified atom stereocenters. The van der Waals surface area contributed by atoms with Gasteiger partial charge in [-0.1, -0.05) is 0 Å². The molecule has 0 aromatic heterocycles. The molecule has 0 radical (unpaired) electrons. The van der Waals surface area contributed by atoms with Crippen LogP contribution in [-0.4, -0.2) is 19.0 Å². The van der Waals surface area contributed by atoms with Crippen LogP contribution in [0.1, 0.15) is 19.3 Å². The van der Waals surface area contributed by atoms with Crippen LogP contribution >= 0.6 is 0 Å². The van der Waals surface area contributed by atoms with Crippen LogP contribution in [0.15, 0.2) is 6.07 Å². The molecule has 7 heteroatoms. The van der Waals surface area contributed by atoms with Crippen molar-refractivity contribution in [1.82, 2.24) is 5.32 Å². The Morgan fingerprint density at radius 2 is 1.71 bits per heavy atom. The van der Waals surface area contributed by atoms with E-state index in [9.17, 15) is 22.4 Å². The average molecular weight is 302 g/mol. The second-order valence-corrected chi connectivity index (χ2v) is 5.70.